The maximum Gasteiger partial charge on any atom is 0.117 e. The van der Waals surface area contributed by atoms with Crippen molar-refractivity contribution < 1.29 is 0 Å². The Morgan fingerprint density at radius 2 is 1.54 bits per heavy atom. The Morgan fingerprint density at radius 3 is 2.34 bits per heavy atom. The largest absolute Gasteiger partial charge is 0.390 e. The van der Waals surface area contributed by atoms with Crippen LogP contribution in [0.2, 0.25) is 0 Å². The SMILES string of the molecule is C/C=C(\C=C(/N)C#N)c1cccc(-c2cc3sc4ccc5ccccc5c4c3c3ccccc23)c1. The lowest BCUT2D eigenvalue weighted by molar-refractivity contribution is 1.39. The molecular formula is C32H22N2S. The highest BCUT2D eigenvalue weighted by atomic mass is 32.1. The van der Waals surface area contributed by atoms with Crippen LogP contribution in [-0.4, -0.2) is 0 Å². The highest BCUT2D eigenvalue weighted by Crippen LogP contribution is 2.45. The number of hydrogen-bond donors (Lipinski definition) is 1. The molecule has 0 saturated heterocycles. The maximum atomic E-state index is 9.13. The molecule has 166 valence electrons. The van der Waals surface area contributed by atoms with Gasteiger partial charge in [0.15, 0.2) is 0 Å². The number of thiophene rings is 1. The van der Waals surface area contributed by atoms with Crippen LogP contribution in [0.3, 0.4) is 0 Å². The van der Waals surface area contributed by atoms with Crippen molar-refractivity contribution in [1.82, 2.24) is 0 Å². The first-order valence-electron chi connectivity index (χ1n) is 11.6. The predicted molar refractivity (Wildman–Crippen MR) is 151 cm³/mol. The van der Waals surface area contributed by atoms with E-state index in [0.29, 0.717) is 0 Å². The smallest absolute Gasteiger partial charge is 0.117 e. The number of benzene rings is 5. The fourth-order valence-electron chi connectivity index (χ4n) is 5.04. The lowest BCUT2D eigenvalue weighted by atomic mass is 9.92. The van der Waals surface area contributed by atoms with Crippen molar-refractivity contribution in [3.05, 3.63) is 114 Å². The summed E-state index contributed by atoms with van der Waals surface area (Å²) in [5.74, 6) is 0. The van der Waals surface area contributed by atoms with Crippen LogP contribution in [0, 0.1) is 11.3 Å². The number of nitriles is 1. The van der Waals surface area contributed by atoms with Gasteiger partial charge in [0.1, 0.15) is 11.8 Å². The highest BCUT2D eigenvalue weighted by molar-refractivity contribution is 7.26. The van der Waals surface area contributed by atoms with Gasteiger partial charge in [0.05, 0.1) is 0 Å². The van der Waals surface area contributed by atoms with Crippen molar-refractivity contribution >= 4 is 58.6 Å². The second-order valence-electron chi connectivity index (χ2n) is 8.64. The van der Waals surface area contributed by atoms with Crippen molar-refractivity contribution in [2.75, 3.05) is 0 Å². The molecule has 2 N–H and O–H groups in total. The van der Waals surface area contributed by atoms with Crippen LogP contribution >= 0.6 is 11.3 Å². The summed E-state index contributed by atoms with van der Waals surface area (Å²) < 4.78 is 2.60. The van der Waals surface area contributed by atoms with E-state index < -0.39 is 0 Å². The van der Waals surface area contributed by atoms with E-state index in [4.69, 9.17) is 11.0 Å². The molecule has 3 heteroatoms. The monoisotopic (exact) mass is 466 g/mol. The van der Waals surface area contributed by atoms with Gasteiger partial charge in [-0.2, -0.15) is 5.26 Å². The Bertz CT molecular complexity index is 1880. The van der Waals surface area contributed by atoms with Crippen LogP contribution in [0.1, 0.15) is 12.5 Å². The third-order valence-electron chi connectivity index (χ3n) is 6.63. The first-order chi connectivity index (χ1) is 17.2. The van der Waals surface area contributed by atoms with Gasteiger partial charge in [-0.15, -0.1) is 11.3 Å². The van der Waals surface area contributed by atoms with Gasteiger partial charge in [-0.1, -0.05) is 78.9 Å². The van der Waals surface area contributed by atoms with Gasteiger partial charge >= 0.3 is 0 Å². The molecule has 2 nitrogen and oxygen atoms in total. The summed E-state index contributed by atoms with van der Waals surface area (Å²) in [6.07, 6.45) is 3.72. The fourth-order valence-corrected chi connectivity index (χ4v) is 6.22. The van der Waals surface area contributed by atoms with Crippen LogP contribution < -0.4 is 5.73 Å². The standard InChI is InChI=1S/C32H22N2S/c1-2-20(17-24(34)19-33)22-9-7-10-23(16-22)28-18-30-32(27-13-6-5-12-26(27)28)31-25-11-4-3-8-21(25)14-15-29(31)35-30/h2-18H,34H2,1H3/b20-2+,24-17-. The lowest BCUT2D eigenvalue weighted by Gasteiger charge is -2.11. The number of allylic oxidation sites excluding steroid dienone is 4. The van der Waals surface area contributed by atoms with Crippen molar-refractivity contribution in [2.45, 2.75) is 6.92 Å². The second kappa shape index (κ2) is 8.43. The molecule has 5 aromatic carbocycles. The van der Waals surface area contributed by atoms with E-state index in [-0.39, 0.29) is 5.70 Å². The Labute approximate surface area is 207 Å². The van der Waals surface area contributed by atoms with Crippen molar-refractivity contribution in [3.8, 4) is 17.2 Å². The van der Waals surface area contributed by atoms with E-state index in [0.717, 1.165) is 16.7 Å². The molecule has 0 spiro atoms. The average molecular weight is 467 g/mol. The highest BCUT2D eigenvalue weighted by Gasteiger charge is 2.15. The number of nitrogens with two attached hydrogens (primary N) is 1. The molecule has 6 aromatic rings. The van der Waals surface area contributed by atoms with Crippen LogP contribution in [0.15, 0.2) is 109 Å². The number of nitrogens with zero attached hydrogens (tertiary/aromatic N) is 1. The minimum Gasteiger partial charge on any atom is -0.390 e. The number of hydrogen-bond acceptors (Lipinski definition) is 3. The van der Waals surface area contributed by atoms with Crippen LogP contribution in [0.5, 0.6) is 0 Å². The van der Waals surface area contributed by atoms with Gasteiger partial charge in [0.25, 0.3) is 0 Å². The average Bonchev–Trinajstić information content (AvgIpc) is 3.30. The molecule has 0 atom stereocenters. The summed E-state index contributed by atoms with van der Waals surface area (Å²) in [5, 5.41) is 16.9. The minimum absolute atomic E-state index is 0.202. The molecule has 0 aliphatic carbocycles. The number of fused-ring (bicyclic) bond motifs is 7. The third-order valence-corrected chi connectivity index (χ3v) is 7.73. The molecule has 0 amide bonds. The molecule has 0 radical (unpaired) electrons. The first kappa shape index (κ1) is 21.2. The molecule has 0 bridgehead atoms. The summed E-state index contributed by atoms with van der Waals surface area (Å²) in [4.78, 5) is 0. The van der Waals surface area contributed by atoms with E-state index in [1.54, 1.807) is 6.08 Å². The predicted octanol–water partition coefficient (Wildman–Crippen LogP) is 8.80. The second-order valence-corrected chi connectivity index (χ2v) is 9.72. The molecule has 1 heterocycles. The summed E-state index contributed by atoms with van der Waals surface area (Å²) >= 11 is 1.85. The van der Waals surface area contributed by atoms with Gasteiger partial charge in [0, 0.05) is 20.2 Å². The lowest BCUT2D eigenvalue weighted by Crippen LogP contribution is -1.94. The summed E-state index contributed by atoms with van der Waals surface area (Å²) in [5.41, 5.74) is 10.3. The Balaban J connectivity index is 1.65. The van der Waals surface area contributed by atoms with Crippen molar-refractivity contribution in [3.63, 3.8) is 0 Å². The van der Waals surface area contributed by atoms with Crippen molar-refractivity contribution in [1.29, 1.82) is 5.26 Å². The molecule has 0 fully saturated rings. The first-order valence-corrected chi connectivity index (χ1v) is 12.4. The molecule has 0 aliphatic heterocycles. The zero-order chi connectivity index (χ0) is 23.9. The Morgan fingerprint density at radius 1 is 0.800 bits per heavy atom. The molecule has 35 heavy (non-hydrogen) atoms. The normalized spacial score (nSPS) is 12.6. The topological polar surface area (TPSA) is 49.8 Å². The Kier molecular flexibility index (Phi) is 5.10. The third kappa shape index (κ3) is 3.47. The van der Waals surface area contributed by atoms with Gasteiger partial charge in [0.2, 0.25) is 0 Å². The van der Waals surface area contributed by atoms with E-state index in [9.17, 15) is 0 Å². The van der Waals surface area contributed by atoms with Crippen LogP contribution in [0.25, 0.3) is 58.4 Å². The quantitative estimate of drug-likeness (QED) is 0.209. The summed E-state index contributed by atoms with van der Waals surface area (Å²) in [6.45, 7) is 1.96. The Hall–Kier alpha value is -4.39. The van der Waals surface area contributed by atoms with E-state index in [2.05, 4.69) is 91.0 Å². The molecule has 0 unspecified atom stereocenters. The molecule has 0 saturated carbocycles. The summed E-state index contributed by atoms with van der Waals surface area (Å²) in [6, 6.07) is 34.7. The van der Waals surface area contributed by atoms with Gasteiger partial charge in [-0.25, -0.2) is 0 Å². The fraction of sp³-hybridized carbons (Fsp3) is 0.0312. The molecule has 1 aromatic heterocycles. The van der Waals surface area contributed by atoms with Gasteiger partial charge in [-0.3, -0.25) is 0 Å². The maximum absolute atomic E-state index is 9.13. The van der Waals surface area contributed by atoms with E-state index >= 15 is 0 Å². The van der Waals surface area contributed by atoms with Crippen LogP contribution in [-0.2, 0) is 0 Å². The summed E-state index contributed by atoms with van der Waals surface area (Å²) in [7, 11) is 0. The van der Waals surface area contributed by atoms with Gasteiger partial charge in [-0.05, 0) is 75.0 Å². The zero-order valence-electron chi connectivity index (χ0n) is 19.2. The zero-order valence-corrected chi connectivity index (χ0v) is 20.1. The van der Waals surface area contributed by atoms with E-state index in [1.165, 1.54) is 47.3 Å². The van der Waals surface area contributed by atoms with Crippen molar-refractivity contribution in [2.24, 2.45) is 5.73 Å². The molecular weight excluding hydrogens is 444 g/mol. The van der Waals surface area contributed by atoms with Gasteiger partial charge < -0.3 is 5.73 Å². The number of rotatable bonds is 3. The van der Waals surface area contributed by atoms with E-state index in [1.807, 2.05) is 30.4 Å². The molecule has 6 rings (SSSR count). The van der Waals surface area contributed by atoms with Crippen LogP contribution in [0.4, 0.5) is 0 Å². The molecule has 0 aliphatic rings. The minimum atomic E-state index is 0.202.